The number of amides is 2. The smallest absolute Gasteiger partial charge is 0.339 e. The van der Waals surface area contributed by atoms with Gasteiger partial charge in [-0.1, -0.05) is 23.7 Å². The van der Waals surface area contributed by atoms with Crippen LogP contribution in [0.4, 0.5) is 55.2 Å². The van der Waals surface area contributed by atoms with Crippen LogP contribution in [-0.4, -0.2) is 73.7 Å². The molecule has 19 heteroatoms. The van der Waals surface area contributed by atoms with Gasteiger partial charge in [-0.3, -0.25) is 24.2 Å². The summed E-state index contributed by atoms with van der Waals surface area (Å²) in [5, 5.41) is 10.1. The molecule has 0 spiro atoms. The van der Waals surface area contributed by atoms with Crippen molar-refractivity contribution in [1.82, 2.24) is 24.8 Å². The Morgan fingerprint density at radius 1 is 0.849 bits per heavy atom. The van der Waals surface area contributed by atoms with E-state index in [0.29, 0.717) is 42.0 Å². The molecule has 1 fully saturated rings. The van der Waals surface area contributed by atoms with Gasteiger partial charge in [0.2, 0.25) is 11.9 Å². The number of anilines is 5. The van der Waals surface area contributed by atoms with Gasteiger partial charge in [-0.05, 0) is 73.1 Å². The lowest BCUT2D eigenvalue weighted by Gasteiger charge is -2.31. The van der Waals surface area contributed by atoms with Gasteiger partial charge in [0.25, 0.3) is 5.91 Å². The number of benzene rings is 2. The first-order valence-electron chi connectivity index (χ1n) is 15.9. The molecule has 2 aromatic heterocycles. The van der Waals surface area contributed by atoms with Crippen molar-refractivity contribution in [2.75, 3.05) is 29.0 Å². The summed E-state index contributed by atoms with van der Waals surface area (Å²) in [5.74, 6) is -5.82. The Labute approximate surface area is 302 Å². The number of nitrogens with one attached hydrogen (secondary N) is 3. The molecule has 0 saturated carbocycles. The topological polar surface area (TPSA) is 159 Å². The lowest BCUT2D eigenvalue weighted by molar-refractivity contribution is -0.193. The standard InChI is InChI=1S/C30H29ClN8O2.C4F6O2/c31-24-17-34-30-36-22-3-1-2-19(14-22)4-5-21-16-23(35-28(24)38-30)6-7-25(21)37-27(40)15-20-8-12-39(13-9-20)29(41)26-18-32-10-11-33-26;5-3(6,7)1(11)2(12)4(8,9)10/h1-3,6-7,10-11,14,16-18,20H,4-5,8-9,12-13,15H2,(H,37,40)(H2,34,35,36,38);. The van der Waals surface area contributed by atoms with Gasteiger partial charge in [0, 0.05) is 49.0 Å². The second kappa shape index (κ2) is 16.4. The summed E-state index contributed by atoms with van der Waals surface area (Å²) in [7, 11) is 0. The summed E-state index contributed by atoms with van der Waals surface area (Å²) < 4.78 is 67.0. The highest BCUT2D eigenvalue weighted by Crippen LogP contribution is 2.30. The minimum Gasteiger partial charge on any atom is -0.339 e. The Bertz CT molecular complexity index is 1970. The molecule has 0 aliphatic carbocycles. The van der Waals surface area contributed by atoms with Crippen LogP contribution in [0.15, 0.2) is 67.3 Å². The number of fused-ring (bicyclic) bond motifs is 6. The summed E-state index contributed by atoms with van der Waals surface area (Å²) in [5.41, 5.74) is 5.00. The van der Waals surface area contributed by atoms with Gasteiger partial charge in [-0.25, -0.2) is 9.97 Å². The van der Waals surface area contributed by atoms with Crippen LogP contribution in [0.3, 0.4) is 0 Å². The predicted molar refractivity (Wildman–Crippen MR) is 180 cm³/mol. The number of piperidine rings is 1. The normalized spacial score (nSPS) is 14.4. The average Bonchev–Trinajstić information content (AvgIpc) is 3.12. The maximum absolute atomic E-state index is 13.1. The molecule has 0 atom stereocenters. The number of aryl methyl sites for hydroxylation is 2. The molecule has 2 aliphatic heterocycles. The molecule has 0 unspecified atom stereocenters. The largest absolute Gasteiger partial charge is 0.458 e. The average molecular weight is 763 g/mol. The number of carbonyl (C=O) groups is 4. The van der Waals surface area contributed by atoms with Gasteiger partial charge in [-0.2, -0.15) is 31.3 Å². The molecule has 2 amide bonds. The van der Waals surface area contributed by atoms with E-state index >= 15 is 0 Å². The number of rotatable bonds is 5. The first-order valence-corrected chi connectivity index (χ1v) is 16.3. The maximum atomic E-state index is 13.1. The van der Waals surface area contributed by atoms with Crippen molar-refractivity contribution in [2.45, 2.75) is 44.5 Å². The number of alkyl halides is 6. The number of nitrogens with zero attached hydrogens (tertiary/aromatic N) is 5. The first kappa shape index (κ1) is 38.6. The summed E-state index contributed by atoms with van der Waals surface area (Å²) in [4.78, 5) is 63.8. The molecule has 4 aromatic rings. The van der Waals surface area contributed by atoms with E-state index < -0.39 is 23.9 Å². The molecule has 3 N–H and O–H groups in total. The second-order valence-corrected chi connectivity index (χ2v) is 12.4. The predicted octanol–water partition coefficient (Wildman–Crippen LogP) is 6.64. The molecular weight excluding hydrogens is 734 g/mol. The Morgan fingerprint density at radius 3 is 2.21 bits per heavy atom. The van der Waals surface area contributed by atoms with E-state index in [0.717, 1.165) is 53.9 Å². The molecule has 53 heavy (non-hydrogen) atoms. The maximum Gasteiger partial charge on any atom is 0.458 e. The van der Waals surface area contributed by atoms with Gasteiger partial charge >= 0.3 is 23.9 Å². The highest BCUT2D eigenvalue weighted by Gasteiger charge is 2.54. The van der Waals surface area contributed by atoms with Crippen molar-refractivity contribution in [2.24, 2.45) is 5.92 Å². The van der Waals surface area contributed by atoms with Crippen molar-refractivity contribution < 1.29 is 45.5 Å². The van der Waals surface area contributed by atoms with Crippen LogP contribution < -0.4 is 16.0 Å². The van der Waals surface area contributed by atoms with Crippen LogP contribution in [0, 0.1) is 5.92 Å². The summed E-state index contributed by atoms with van der Waals surface area (Å²) in [6, 6.07) is 14.0. The number of Topliss-reactive ketones (excluding diaryl/α,β-unsaturated/α-hetero) is 2. The SMILES string of the molecule is O=C(C(=O)C(F)(F)F)C(F)(F)F.O=C(CC1CCN(C(=O)c2cnccn2)CC1)Nc1ccc2cc1CCc1cccc(c1)Nc1ncc(Cl)c(n1)N2. The van der Waals surface area contributed by atoms with Crippen LogP contribution in [-0.2, 0) is 27.2 Å². The monoisotopic (exact) mass is 762 g/mol. The van der Waals surface area contributed by atoms with Crippen LogP contribution in [0.5, 0.6) is 0 Å². The molecule has 278 valence electrons. The van der Waals surface area contributed by atoms with E-state index in [1.54, 1.807) is 17.3 Å². The zero-order valence-corrected chi connectivity index (χ0v) is 28.1. The Balaban J connectivity index is 0.000000390. The van der Waals surface area contributed by atoms with Crippen molar-refractivity contribution >= 4 is 63.8 Å². The lowest BCUT2D eigenvalue weighted by atomic mass is 9.93. The Kier molecular flexibility index (Phi) is 11.9. The first-order chi connectivity index (χ1) is 25.1. The molecule has 6 bridgehead atoms. The van der Waals surface area contributed by atoms with Gasteiger partial charge in [0.05, 0.1) is 12.4 Å². The summed E-state index contributed by atoms with van der Waals surface area (Å²) in [6.07, 6.45) is -1.97. The van der Waals surface area contributed by atoms with Crippen LogP contribution in [0.2, 0.25) is 5.02 Å². The van der Waals surface area contributed by atoms with Crippen molar-refractivity contribution in [3.8, 4) is 0 Å². The third-order valence-electron chi connectivity index (χ3n) is 8.13. The zero-order valence-electron chi connectivity index (χ0n) is 27.4. The van der Waals surface area contributed by atoms with Gasteiger partial charge in [0.15, 0.2) is 5.82 Å². The Hall–Kier alpha value is -5.65. The number of hydrogen-bond donors (Lipinski definition) is 3. The van der Waals surface area contributed by atoms with E-state index in [9.17, 15) is 45.5 Å². The molecule has 1 saturated heterocycles. The van der Waals surface area contributed by atoms with Gasteiger partial charge in [-0.15, -0.1) is 0 Å². The summed E-state index contributed by atoms with van der Waals surface area (Å²) in [6.45, 7) is 1.19. The number of carbonyl (C=O) groups excluding carboxylic acids is 4. The third-order valence-corrected chi connectivity index (χ3v) is 8.41. The minimum atomic E-state index is -5.77. The number of halogens is 7. The minimum absolute atomic E-state index is 0.0294. The molecule has 4 heterocycles. The highest BCUT2D eigenvalue weighted by molar-refractivity contribution is 6.41. The molecule has 0 radical (unpaired) electrons. The fourth-order valence-corrected chi connectivity index (χ4v) is 5.64. The Morgan fingerprint density at radius 2 is 1.55 bits per heavy atom. The van der Waals surface area contributed by atoms with Crippen molar-refractivity contribution in [3.63, 3.8) is 0 Å². The van der Waals surface area contributed by atoms with Crippen molar-refractivity contribution in [1.29, 1.82) is 0 Å². The van der Waals surface area contributed by atoms with E-state index in [-0.39, 0.29) is 17.7 Å². The van der Waals surface area contributed by atoms with Crippen LogP contribution in [0.25, 0.3) is 0 Å². The molecular formula is C34H29ClF6N8O4. The fraction of sp³-hybridized carbons (Fsp3) is 0.294. The quantitative estimate of drug-likeness (QED) is 0.149. The van der Waals surface area contributed by atoms with E-state index in [1.165, 1.54) is 12.4 Å². The van der Waals surface area contributed by atoms with E-state index in [4.69, 9.17) is 11.6 Å². The summed E-state index contributed by atoms with van der Waals surface area (Å²) >= 11 is 6.38. The highest BCUT2D eigenvalue weighted by atomic mass is 35.5. The number of aromatic nitrogens is 4. The van der Waals surface area contributed by atoms with E-state index in [2.05, 4.69) is 48.0 Å². The second-order valence-electron chi connectivity index (χ2n) is 11.9. The molecule has 6 rings (SSSR count). The molecule has 2 aromatic carbocycles. The van der Waals surface area contributed by atoms with Gasteiger partial charge in [0.1, 0.15) is 10.7 Å². The number of ketones is 2. The van der Waals surface area contributed by atoms with Crippen LogP contribution in [0.1, 0.15) is 40.9 Å². The fourth-order valence-electron chi connectivity index (χ4n) is 5.50. The molecule has 12 nitrogen and oxygen atoms in total. The van der Waals surface area contributed by atoms with Gasteiger partial charge < -0.3 is 20.9 Å². The number of hydrogen-bond acceptors (Lipinski definition) is 10. The lowest BCUT2D eigenvalue weighted by Crippen LogP contribution is -2.39. The zero-order chi connectivity index (χ0) is 38.3. The van der Waals surface area contributed by atoms with Crippen LogP contribution >= 0.6 is 11.6 Å². The third kappa shape index (κ3) is 10.5. The van der Waals surface area contributed by atoms with E-state index in [1.807, 2.05) is 30.3 Å². The molecule has 2 aliphatic rings. The van der Waals surface area contributed by atoms with Crippen molar-refractivity contribution in [3.05, 3.63) is 89.1 Å². The number of likely N-dealkylation sites (tertiary alicyclic amines) is 1.